The van der Waals surface area contributed by atoms with Crippen LogP contribution in [0.3, 0.4) is 0 Å². The van der Waals surface area contributed by atoms with Crippen molar-refractivity contribution in [3.63, 3.8) is 0 Å². The standard InChI is InChI=1S/C18H13N3O2/c1-22-18-8-13(9-19)5-6-17(18)23-12-14-11-21-7-3-2-4-16(21)15(14)10-20/h2-8,11H,12H2,1H3. The lowest BCUT2D eigenvalue weighted by molar-refractivity contribution is 0.284. The zero-order valence-electron chi connectivity index (χ0n) is 12.5. The monoisotopic (exact) mass is 303 g/mol. The Hall–Kier alpha value is -3.44. The SMILES string of the molecule is COc1cc(C#N)ccc1OCc1cn2ccccc2c1C#N. The van der Waals surface area contributed by atoms with E-state index in [2.05, 4.69) is 12.1 Å². The maximum atomic E-state index is 9.39. The van der Waals surface area contributed by atoms with Gasteiger partial charge >= 0.3 is 0 Å². The van der Waals surface area contributed by atoms with Crippen LogP contribution in [0.15, 0.2) is 48.8 Å². The molecule has 0 radical (unpaired) electrons. The number of fused-ring (bicyclic) bond motifs is 1. The van der Waals surface area contributed by atoms with Crippen molar-refractivity contribution in [3.05, 3.63) is 65.5 Å². The van der Waals surface area contributed by atoms with Crippen LogP contribution in [0, 0.1) is 22.7 Å². The molecule has 0 N–H and O–H groups in total. The highest BCUT2D eigenvalue weighted by Gasteiger charge is 2.12. The van der Waals surface area contributed by atoms with Gasteiger partial charge in [0.2, 0.25) is 0 Å². The van der Waals surface area contributed by atoms with Crippen molar-refractivity contribution in [2.45, 2.75) is 6.61 Å². The summed E-state index contributed by atoms with van der Waals surface area (Å²) in [6.07, 6.45) is 3.77. The molecule has 0 aliphatic rings. The molecule has 23 heavy (non-hydrogen) atoms. The first-order chi connectivity index (χ1) is 11.3. The first-order valence-corrected chi connectivity index (χ1v) is 6.96. The van der Waals surface area contributed by atoms with Gasteiger partial charge in [0.1, 0.15) is 12.7 Å². The fraction of sp³-hybridized carbons (Fsp3) is 0.111. The van der Waals surface area contributed by atoms with E-state index in [1.165, 1.54) is 7.11 Å². The third-order valence-electron chi connectivity index (χ3n) is 3.55. The number of hydrogen-bond donors (Lipinski definition) is 0. The van der Waals surface area contributed by atoms with Crippen LogP contribution in [0.1, 0.15) is 16.7 Å². The highest BCUT2D eigenvalue weighted by atomic mass is 16.5. The van der Waals surface area contributed by atoms with Crippen molar-refractivity contribution in [1.29, 1.82) is 10.5 Å². The number of methoxy groups -OCH3 is 1. The maximum Gasteiger partial charge on any atom is 0.162 e. The highest BCUT2D eigenvalue weighted by molar-refractivity contribution is 5.65. The molecule has 0 spiro atoms. The number of hydrogen-bond acceptors (Lipinski definition) is 4. The number of nitriles is 2. The molecule has 2 heterocycles. The third-order valence-corrected chi connectivity index (χ3v) is 3.55. The summed E-state index contributed by atoms with van der Waals surface area (Å²) in [6.45, 7) is 0.243. The van der Waals surface area contributed by atoms with Gasteiger partial charge < -0.3 is 13.9 Å². The van der Waals surface area contributed by atoms with E-state index < -0.39 is 0 Å². The molecule has 0 bridgehead atoms. The Balaban J connectivity index is 1.90. The van der Waals surface area contributed by atoms with Crippen molar-refractivity contribution in [3.8, 4) is 23.6 Å². The molecular weight excluding hydrogens is 290 g/mol. The van der Waals surface area contributed by atoms with Crippen LogP contribution in [0.25, 0.3) is 5.52 Å². The van der Waals surface area contributed by atoms with Crippen molar-refractivity contribution in [2.24, 2.45) is 0 Å². The molecule has 0 amide bonds. The number of aromatic nitrogens is 1. The van der Waals surface area contributed by atoms with Gasteiger partial charge in [-0.05, 0) is 24.3 Å². The molecule has 5 heteroatoms. The van der Waals surface area contributed by atoms with Gasteiger partial charge in [-0.2, -0.15) is 10.5 Å². The number of benzene rings is 1. The summed E-state index contributed by atoms with van der Waals surface area (Å²) < 4.78 is 12.9. The molecule has 3 aromatic rings. The summed E-state index contributed by atoms with van der Waals surface area (Å²) in [5.74, 6) is 1.02. The van der Waals surface area contributed by atoms with Crippen LogP contribution in [0.4, 0.5) is 0 Å². The second kappa shape index (κ2) is 6.13. The van der Waals surface area contributed by atoms with Crippen molar-refractivity contribution >= 4 is 5.52 Å². The van der Waals surface area contributed by atoms with E-state index in [4.69, 9.17) is 14.7 Å². The molecule has 0 saturated heterocycles. The molecule has 3 rings (SSSR count). The fourth-order valence-corrected chi connectivity index (χ4v) is 2.43. The third kappa shape index (κ3) is 2.68. The zero-order chi connectivity index (χ0) is 16.2. The van der Waals surface area contributed by atoms with Crippen LogP contribution < -0.4 is 9.47 Å². The predicted molar refractivity (Wildman–Crippen MR) is 84.2 cm³/mol. The summed E-state index contributed by atoms with van der Waals surface area (Å²) in [5, 5.41) is 18.3. The highest BCUT2D eigenvalue weighted by Crippen LogP contribution is 2.29. The molecule has 0 fully saturated rings. The normalized spacial score (nSPS) is 10.0. The topological polar surface area (TPSA) is 70.4 Å². The van der Waals surface area contributed by atoms with Crippen LogP contribution in [0.5, 0.6) is 11.5 Å². The Bertz CT molecular complexity index is 945. The second-order valence-electron chi connectivity index (χ2n) is 4.90. The lowest BCUT2D eigenvalue weighted by Crippen LogP contribution is -1.98. The number of nitrogens with zero attached hydrogens (tertiary/aromatic N) is 3. The minimum atomic E-state index is 0.243. The molecule has 112 valence electrons. The molecule has 2 aromatic heterocycles. The van der Waals surface area contributed by atoms with Crippen LogP contribution in [-0.2, 0) is 6.61 Å². The first-order valence-electron chi connectivity index (χ1n) is 6.96. The Morgan fingerprint density at radius 3 is 2.70 bits per heavy atom. The van der Waals surface area contributed by atoms with E-state index >= 15 is 0 Å². The second-order valence-corrected chi connectivity index (χ2v) is 4.90. The molecule has 1 aromatic carbocycles. The fourth-order valence-electron chi connectivity index (χ4n) is 2.43. The molecule has 0 unspecified atom stereocenters. The van der Waals surface area contributed by atoms with Crippen molar-refractivity contribution in [2.75, 3.05) is 7.11 Å². The lowest BCUT2D eigenvalue weighted by atomic mass is 10.2. The summed E-state index contributed by atoms with van der Waals surface area (Å²) in [6, 6.07) is 15.0. The lowest BCUT2D eigenvalue weighted by Gasteiger charge is -2.10. The Morgan fingerprint density at radius 1 is 1.09 bits per heavy atom. The largest absolute Gasteiger partial charge is 0.493 e. The molecular formula is C18H13N3O2. The zero-order valence-corrected chi connectivity index (χ0v) is 12.5. The summed E-state index contributed by atoms with van der Waals surface area (Å²) in [7, 11) is 1.52. The van der Waals surface area contributed by atoms with Gasteiger partial charge in [0.15, 0.2) is 11.5 Å². The summed E-state index contributed by atoms with van der Waals surface area (Å²) in [4.78, 5) is 0. The summed E-state index contributed by atoms with van der Waals surface area (Å²) >= 11 is 0. The van der Waals surface area contributed by atoms with Gasteiger partial charge in [0.05, 0.1) is 29.8 Å². The molecule has 0 aliphatic carbocycles. The Morgan fingerprint density at radius 2 is 1.96 bits per heavy atom. The minimum absolute atomic E-state index is 0.243. The molecule has 0 saturated carbocycles. The van der Waals surface area contributed by atoms with Gasteiger partial charge in [0.25, 0.3) is 0 Å². The van der Waals surface area contributed by atoms with Crippen molar-refractivity contribution < 1.29 is 9.47 Å². The van der Waals surface area contributed by atoms with Gasteiger partial charge in [-0.3, -0.25) is 0 Å². The van der Waals surface area contributed by atoms with Gasteiger partial charge in [-0.25, -0.2) is 0 Å². The Kier molecular flexibility index (Phi) is 3.86. The number of rotatable bonds is 4. The van der Waals surface area contributed by atoms with Crippen molar-refractivity contribution in [1.82, 2.24) is 4.40 Å². The average molecular weight is 303 g/mol. The quantitative estimate of drug-likeness (QED) is 0.741. The number of pyridine rings is 1. The van der Waals surface area contributed by atoms with E-state index in [9.17, 15) is 5.26 Å². The average Bonchev–Trinajstić information content (AvgIpc) is 2.97. The van der Waals surface area contributed by atoms with E-state index in [0.29, 0.717) is 22.6 Å². The van der Waals surface area contributed by atoms with E-state index in [1.54, 1.807) is 18.2 Å². The first kappa shape index (κ1) is 14.5. The van der Waals surface area contributed by atoms with Crippen LogP contribution in [-0.4, -0.2) is 11.5 Å². The molecule has 5 nitrogen and oxygen atoms in total. The van der Waals surface area contributed by atoms with Gasteiger partial charge in [0, 0.05) is 24.0 Å². The number of ether oxygens (including phenoxy) is 2. The summed E-state index contributed by atoms with van der Waals surface area (Å²) in [5.41, 5.74) is 2.74. The molecule has 0 atom stereocenters. The smallest absolute Gasteiger partial charge is 0.162 e. The van der Waals surface area contributed by atoms with Crippen LogP contribution >= 0.6 is 0 Å². The van der Waals surface area contributed by atoms with E-state index in [0.717, 1.165) is 11.1 Å². The van der Waals surface area contributed by atoms with Gasteiger partial charge in [-0.1, -0.05) is 6.07 Å². The van der Waals surface area contributed by atoms with Gasteiger partial charge in [-0.15, -0.1) is 0 Å². The Labute approximate surface area is 133 Å². The van der Waals surface area contributed by atoms with E-state index in [-0.39, 0.29) is 6.61 Å². The maximum absolute atomic E-state index is 9.39. The van der Waals surface area contributed by atoms with E-state index in [1.807, 2.05) is 35.0 Å². The predicted octanol–water partition coefficient (Wildman–Crippen LogP) is 3.27. The van der Waals surface area contributed by atoms with Crippen LogP contribution in [0.2, 0.25) is 0 Å². The minimum Gasteiger partial charge on any atom is -0.493 e. The molecule has 0 aliphatic heterocycles.